The zero-order valence-electron chi connectivity index (χ0n) is 18.4. The van der Waals surface area contributed by atoms with Crippen LogP contribution in [0.1, 0.15) is 25.8 Å². The van der Waals surface area contributed by atoms with E-state index in [2.05, 4.69) is 38.6 Å². The Morgan fingerprint density at radius 1 is 1.12 bits per heavy atom. The van der Waals surface area contributed by atoms with Crippen molar-refractivity contribution in [2.45, 2.75) is 39.3 Å². The monoisotopic (exact) mass is 432 g/mol. The molecule has 2 aromatic heterocycles. The van der Waals surface area contributed by atoms with E-state index >= 15 is 0 Å². The Kier molecular flexibility index (Phi) is 6.30. The fourth-order valence-corrected chi connectivity index (χ4v) is 4.26. The minimum Gasteiger partial charge on any atom is -0.353 e. The molecule has 3 aromatic rings. The van der Waals surface area contributed by atoms with Crippen LogP contribution in [0.3, 0.4) is 0 Å². The third-order valence-corrected chi connectivity index (χ3v) is 5.85. The highest BCUT2D eigenvalue weighted by Crippen LogP contribution is 2.36. The van der Waals surface area contributed by atoms with Crippen molar-refractivity contribution in [1.82, 2.24) is 30.0 Å². The van der Waals surface area contributed by atoms with Gasteiger partial charge in [-0.25, -0.2) is 9.67 Å². The van der Waals surface area contributed by atoms with Crippen LogP contribution in [0.4, 0.5) is 0 Å². The predicted octanol–water partition coefficient (Wildman–Crippen LogP) is 2.33. The summed E-state index contributed by atoms with van der Waals surface area (Å²) in [6.07, 6.45) is 7.67. The van der Waals surface area contributed by atoms with Crippen LogP contribution >= 0.6 is 0 Å². The van der Waals surface area contributed by atoms with Crippen LogP contribution in [0, 0.1) is 5.41 Å². The van der Waals surface area contributed by atoms with Crippen LogP contribution in [-0.2, 0) is 22.6 Å². The van der Waals surface area contributed by atoms with Gasteiger partial charge in [0, 0.05) is 31.5 Å². The fourth-order valence-electron chi connectivity index (χ4n) is 4.26. The lowest BCUT2D eigenvalue weighted by Crippen LogP contribution is -2.47. The summed E-state index contributed by atoms with van der Waals surface area (Å²) >= 11 is 0. The molecule has 8 heteroatoms. The molecule has 32 heavy (non-hydrogen) atoms. The van der Waals surface area contributed by atoms with E-state index in [0.717, 1.165) is 16.7 Å². The van der Waals surface area contributed by atoms with E-state index < -0.39 is 5.41 Å². The summed E-state index contributed by atoms with van der Waals surface area (Å²) in [6, 6.07) is 12.2. The second kappa shape index (κ2) is 9.30. The van der Waals surface area contributed by atoms with Gasteiger partial charge in [-0.1, -0.05) is 24.3 Å². The molecule has 0 bridgehead atoms. The molecular formula is C24H28N6O2. The van der Waals surface area contributed by atoms with Gasteiger partial charge in [0.1, 0.15) is 19.2 Å². The maximum absolute atomic E-state index is 13.3. The normalized spacial score (nSPS) is 18.2. The van der Waals surface area contributed by atoms with Crippen LogP contribution in [0.25, 0.3) is 11.1 Å². The van der Waals surface area contributed by atoms with Crippen molar-refractivity contribution in [1.29, 1.82) is 0 Å². The van der Waals surface area contributed by atoms with Gasteiger partial charge in [-0.05, 0) is 55.5 Å². The van der Waals surface area contributed by atoms with Gasteiger partial charge in [-0.2, -0.15) is 5.10 Å². The molecule has 166 valence electrons. The Morgan fingerprint density at radius 2 is 1.94 bits per heavy atom. The van der Waals surface area contributed by atoms with Crippen LogP contribution in [0.15, 0.2) is 61.4 Å². The van der Waals surface area contributed by atoms with Crippen molar-refractivity contribution in [3.63, 3.8) is 0 Å². The third-order valence-electron chi connectivity index (χ3n) is 5.85. The first-order valence-electron chi connectivity index (χ1n) is 10.9. The number of carbonyl (C=O) groups is 2. The maximum Gasteiger partial charge on any atom is 0.244 e. The Bertz CT molecular complexity index is 1070. The lowest BCUT2D eigenvalue weighted by atomic mass is 9.79. The Morgan fingerprint density at radius 3 is 2.66 bits per heavy atom. The van der Waals surface area contributed by atoms with E-state index in [1.54, 1.807) is 17.3 Å². The van der Waals surface area contributed by atoms with Crippen LogP contribution < -0.4 is 5.32 Å². The number of carbonyl (C=O) groups excluding carboxylic acids is 2. The third kappa shape index (κ3) is 4.85. The highest BCUT2D eigenvalue weighted by molar-refractivity contribution is 5.86. The van der Waals surface area contributed by atoms with Crippen LogP contribution in [0.2, 0.25) is 0 Å². The smallest absolute Gasteiger partial charge is 0.244 e. The summed E-state index contributed by atoms with van der Waals surface area (Å²) < 4.78 is 1.51. The second-order valence-corrected chi connectivity index (χ2v) is 8.68. The zero-order chi connectivity index (χ0) is 22.6. The van der Waals surface area contributed by atoms with Crippen molar-refractivity contribution in [2.24, 2.45) is 5.41 Å². The molecule has 1 atom stereocenters. The number of rotatable bonds is 7. The van der Waals surface area contributed by atoms with Gasteiger partial charge in [0.15, 0.2) is 0 Å². The van der Waals surface area contributed by atoms with Gasteiger partial charge in [0.25, 0.3) is 0 Å². The molecule has 0 radical (unpaired) electrons. The number of pyridine rings is 1. The van der Waals surface area contributed by atoms with E-state index in [1.807, 2.05) is 32.0 Å². The molecule has 2 amide bonds. The molecule has 8 nitrogen and oxygen atoms in total. The summed E-state index contributed by atoms with van der Waals surface area (Å²) in [4.78, 5) is 35.9. The van der Waals surface area contributed by atoms with E-state index in [0.29, 0.717) is 25.9 Å². The van der Waals surface area contributed by atoms with Gasteiger partial charge in [0.2, 0.25) is 11.8 Å². The predicted molar refractivity (Wildman–Crippen MR) is 120 cm³/mol. The lowest BCUT2D eigenvalue weighted by molar-refractivity contribution is -0.134. The highest BCUT2D eigenvalue weighted by Gasteiger charge is 2.46. The number of nitrogens with one attached hydrogen (secondary N) is 1. The summed E-state index contributed by atoms with van der Waals surface area (Å²) in [5, 5.41) is 7.10. The number of hydrogen-bond donors (Lipinski definition) is 1. The lowest BCUT2D eigenvalue weighted by Gasteiger charge is -2.29. The first-order valence-corrected chi connectivity index (χ1v) is 10.9. The summed E-state index contributed by atoms with van der Waals surface area (Å²) in [5.74, 6) is -0.0573. The minimum atomic E-state index is -0.667. The van der Waals surface area contributed by atoms with E-state index in [4.69, 9.17) is 0 Å². The van der Waals surface area contributed by atoms with E-state index in [1.165, 1.54) is 17.3 Å². The molecule has 0 saturated carbocycles. The quantitative estimate of drug-likeness (QED) is 0.619. The molecule has 1 saturated heterocycles. The van der Waals surface area contributed by atoms with Crippen LogP contribution in [0.5, 0.6) is 0 Å². The van der Waals surface area contributed by atoms with Crippen LogP contribution in [-0.4, -0.2) is 55.6 Å². The summed E-state index contributed by atoms with van der Waals surface area (Å²) in [7, 11) is 0. The molecule has 1 N–H and O–H groups in total. The first kappa shape index (κ1) is 21.7. The number of aromatic nitrogens is 4. The molecule has 1 aliphatic heterocycles. The van der Waals surface area contributed by atoms with Crippen molar-refractivity contribution in [3.05, 3.63) is 67.0 Å². The Hall–Kier alpha value is -3.55. The van der Waals surface area contributed by atoms with Gasteiger partial charge in [-0.15, -0.1) is 0 Å². The highest BCUT2D eigenvalue weighted by atomic mass is 16.2. The van der Waals surface area contributed by atoms with Crippen molar-refractivity contribution < 1.29 is 9.59 Å². The Balaban J connectivity index is 1.56. The van der Waals surface area contributed by atoms with Crippen molar-refractivity contribution in [2.75, 3.05) is 13.1 Å². The summed E-state index contributed by atoms with van der Waals surface area (Å²) in [5.41, 5.74) is 2.57. The first-order chi connectivity index (χ1) is 15.4. The average Bonchev–Trinajstić information content (AvgIpc) is 3.45. The van der Waals surface area contributed by atoms with E-state index in [9.17, 15) is 9.59 Å². The van der Waals surface area contributed by atoms with Gasteiger partial charge >= 0.3 is 0 Å². The minimum absolute atomic E-state index is 0.00197. The number of likely N-dealkylation sites (tertiary alicyclic amines) is 1. The number of nitrogens with zero attached hydrogens (tertiary/aromatic N) is 5. The van der Waals surface area contributed by atoms with Crippen molar-refractivity contribution in [3.8, 4) is 11.1 Å². The van der Waals surface area contributed by atoms with Gasteiger partial charge in [-0.3, -0.25) is 14.6 Å². The fraction of sp³-hybridized carbons (Fsp3) is 0.375. The molecule has 0 aliphatic carbocycles. The number of amides is 2. The maximum atomic E-state index is 13.3. The molecule has 1 aliphatic rings. The second-order valence-electron chi connectivity index (χ2n) is 8.68. The Labute approximate surface area is 187 Å². The number of benzene rings is 1. The molecule has 1 fully saturated rings. The van der Waals surface area contributed by atoms with Gasteiger partial charge in [0.05, 0.1) is 5.41 Å². The largest absolute Gasteiger partial charge is 0.353 e. The molecule has 4 rings (SSSR count). The van der Waals surface area contributed by atoms with Gasteiger partial charge < -0.3 is 10.2 Å². The topological polar surface area (TPSA) is 93.0 Å². The SMILES string of the molecule is CC(C)NC(=O)[C@@]1(Cc2cccc(-c3ccncc3)c2)CCN(C(=O)Cn2cncn2)C1. The standard InChI is InChI=1S/C24H28N6O2/c1-18(2)28-23(32)24(8-11-29(15-24)22(31)14-30-17-26-16-27-30)13-19-4-3-5-21(12-19)20-6-9-25-10-7-20/h3-7,9-10,12,16-18H,8,11,13-15H2,1-2H3,(H,28,32)/t24-/m1/s1. The number of hydrogen-bond acceptors (Lipinski definition) is 5. The summed E-state index contributed by atoms with van der Waals surface area (Å²) in [6.45, 7) is 4.97. The van der Waals surface area contributed by atoms with Crippen molar-refractivity contribution >= 4 is 11.8 Å². The average molecular weight is 433 g/mol. The molecule has 3 heterocycles. The van der Waals surface area contributed by atoms with E-state index in [-0.39, 0.29) is 24.4 Å². The zero-order valence-corrected chi connectivity index (χ0v) is 18.4. The molecule has 1 aromatic carbocycles. The molecule has 0 unspecified atom stereocenters. The molecule has 0 spiro atoms. The molecular weight excluding hydrogens is 404 g/mol.